The first-order valence-electron chi connectivity index (χ1n) is 15.2. The number of allylic oxidation sites excluding steroid dienone is 1. The molecule has 2 aromatic rings. The molecular formula is C35H42N4O7. The number of aliphatic hydroxyl groups excluding tert-OH is 1. The third-order valence-electron chi connectivity index (χ3n) is 8.93. The highest BCUT2D eigenvalue weighted by molar-refractivity contribution is 6.31. The minimum atomic E-state index is -0.741. The van der Waals surface area contributed by atoms with Crippen LogP contribution in [0.15, 0.2) is 34.5 Å². The first-order valence-corrected chi connectivity index (χ1v) is 15.2. The number of hydrogen-bond acceptors (Lipinski definition) is 7. The number of esters is 2. The molecule has 4 N–H and O–H groups in total. The summed E-state index contributed by atoms with van der Waals surface area (Å²) in [4.78, 5) is 60.3. The minimum absolute atomic E-state index is 0.152. The van der Waals surface area contributed by atoms with Crippen molar-refractivity contribution in [2.24, 2.45) is 16.8 Å². The monoisotopic (exact) mass is 630 g/mol. The van der Waals surface area contributed by atoms with Gasteiger partial charge < -0.3 is 29.9 Å². The Labute approximate surface area is 267 Å². The number of aliphatic hydroxyl groups is 1. The van der Waals surface area contributed by atoms with Crippen LogP contribution in [0.2, 0.25) is 0 Å². The number of rotatable bonds is 11. The maximum Gasteiger partial charge on any atom is 0.305 e. The molecule has 4 rings (SSSR count). The summed E-state index contributed by atoms with van der Waals surface area (Å²) in [5.74, 6) is -1.97. The van der Waals surface area contributed by atoms with E-state index in [9.17, 15) is 24.3 Å². The van der Waals surface area contributed by atoms with Crippen LogP contribution in [0.4, 0.5) is 0 Å². The summed E-state index contributed by atoms with van der Waals surface area (Å²) >= 11 is 0. The number of carbonyl (C=O) groups is 4. The molecule has 0 aromatic carbocycles. The molecule has 2 aromatic heterocycles. The number of H-pyrrole nitrogens is 2. The van der Waals surface area contributed by atoms with Gasteiger partial charge in [0.1, 0.15) is 0 Å². The SMILES string of the molecule is C=CC1=C(C)C(/C=c2/[nH]/c(=C\c3[nH]c(/C=C4\NC(=O)[C@H](C)[C@H]4[C@H](C)O)c(C)c3CCC(=O)OC)c(CCC(=O)OC)c2C)=NC1=O. The van der Waals surface area contributed by atoms with Crippen molar-refractivity contribution in [1.29, 1.82) is 0 Å². The second-order valence-electron chi connectivity index (χ2n) is 11.7. The van der Waals surface area contributed by atoms with E-state index < -0.39 is 6.10 Å². The Hall–Kier alpha value is -4.77. The lowest BCUT2D eigenvalue weighted by Gasteiger charge is -2.17. The van der Waals surface area contributed by atoms with E-state index in [4.69, 9.17) is 9.47 Å². The van der Waals surface area contributed by atoms with Crippen LogP contribution in [0.5, 0.6) is 0 Å². The topological polar surface area (TPSA) is 163 Å². The number of methoxy groups -OCH3 is 2. The van der Waals surface area contributed by atoms with Crippen LogP contribution in [-0.2, 0) is 41.5 Å². The third kappa shape index (κ3) is 6.89. The molecule has 46 heavy (non-hydrogen) atoms. The maximum absolute atomic E-state index is 12.5. The van der Waals surface area contributed by atoms with E-state index in [1.807, 2.05) is 39.0 Å². The second-order valence-corrected chi connectivity index (χ2v) is 11.7. The number of carbonyl (C=O) groups excluding carboxylic acids is 4. The van der Waals surface area contributed by atoms with Gasteiger partial charge >= 0.3 is 11.9 Å². The summed E-state index contributed by atoms with van der Waals surface area (Å²) in [5, 5.41) is 14.8. The van der Waals surface area contributed by atoms with Gasteiger partial charge in [-0.3, -0.25) is 19.2 Å². The molecule has 3 atom stereocenters. The molecule has 11 heteroatoms. The van der Waals surface area contributed by atoms with Gasteiger partial charge in [0.25, 0.3) is 5.91 Å². The van der Waals surface area contributed by atoms with Crippen molar-refractivity contribution in [3.05, 3.63) is 73.8 Å². The predicted molar refractivity (Wildman–Crippen MR) is 175 cm³/mol. The van der Waals surface area contributed by atoms with Crippen LogP contribution in [0.3, 0.4) is 0 Å². The standard InChI is InChI=1S/C35H42N4O7/c1-9-22-17(2)27(38-35(22)44)14-25-18(3)23(10-12-31(41)45-7)28(36-25)16-29-24(11-13-32(42)46-8)19(4)26(37-29)15-30-33(21(6)40)20(5)34(43)39-30/h9,14-16,20-21,33,36-37,40H,1,10-13H2,2-8H3,(H,39,43)/b25-14+,28-16-,30-15-/t20-,21+,33+/m1/s1. The zero-order valence-electron chi connectivity index (χ0n) is 27.4. The first kappa shape index (κ1) is 34.1. The van der Waals surface area contributed by atoms with Gasteiger partial charge in [0.2, 0.25) is 5.91 Å². The number of hydrogen-bond donors (Lipinski definition) is 4. The fourth-order valence-corrected chi connectivity index (χ4v) is 6.15. The molecule has 244 valence electrons. The van der Waals surface area contributed by atoms with Crippen LogP contribution < -0.4 is 16.0 Å². The Kier molecular flexibility index (Phi) is 10.5. The predicted octanol–water partition coefficient (Wildman–Crippen LogP) is 2.37. The number of nitrogens with zero attached hydrogens (tertiary/aromatic N) is 1. The Morgan fingerprint density at radius 2 is 1.57 bits per heavy atom. The molecule has 0 unspecified atom stereocenters. The van der Waals surface area contributed by atoms with Gasteiger partial charge in [0.05, 0.1) is 26.0 Å². The van der Waals surface area contributed by atoms with Crippen LogP contribution in [-0.4, -0.2) is 64.9 Å². The summed E-state index contributed by atoms with van der Waals surface area (Å²) < 4.78 is 9.80. The highest BCUT2D eigenvalue weighted by Crippen LogP contribution is 2.32. The quantitative estimate of drug-likeness (QED) is 0.277. The molecule has 0 spiro atoms. The molecule has 11 nitrogen and oxygen atoms in total. The van der Waals surface area contributed by atoms with E-state index in [-0.39, 0.29) is 48.4 Å². The van der Waals surface area contributed by atoms with Crippen molar-refractivity contribution < 1.29 is 33.8 Å². The molecule has 2 amide bonds. The highest BCUT2D eigenvalue weighted by Gasteiger charge is 2.38. The average Bonchev–Trinajstić information content (AvgIpc) is 3.67. The number of amides is 2. The van der Waals surface area contributed by atoms with E-state index in [0.717, 1.165) is 49.9 Å². The first-order chi connectivity index (χ1) is 21.8. The molecule has 4 heterocycles. The fraction of sp³-hybridized carbons (Fsp3) is 0.400. The van der Waals surface area contributed by atoms with Crippen molar-refractivity contribution in [3.8, 4) is 0 Å². The van der Waals surface area contributed by atoms with Gasteiger partial charge in [0.15, 0.2) is 0 Å². The van der Waals surface area contributed by atoms with E-state index in [2.05, 4.69) is 26.9 Å². The second kappa shape index (κ2) is 14.1. The van der Waals surface area contributed by atoms with E-state index in [1.54, 1.807) is 13.8 Å². The van der Waals surface area contributed by atoms with Gasteiger partial charge in [-0.05, 0) is 86.6 Å². The normalized spacial score (nSPS) is 20.4. The summed E-state index contributed by atoms with van der Waals surface area (Å²) in [5.41, 5.74) is 7.29. The molecule has 1 saturated heterocycles. The Morgan fingerprint density at radius 1 is 0.935 bits per heavy atom. The van der Waals surface area contributed by atoms with Gasteiger partial charge in [-0.15, -0.1) is 0 Å². The van der Waals surface area contributed by atoms with Crippen LogP contribution in [0, 0.1) is 25.7 Å². The van der Waals surface area contributed by atoms with Crippen molar-refractivity contribution in [2.75, 3.05) is 14.2 Å². The highest BCUT2D eigenvalue weighted by atomic mass is 16.5. The lowest BCUT2D eigenvalue weighted by Crippen LogP contribution is -2.22. The number of aromatic nitrogens is 2. The minimum Gasteiger partial charge on any atom is -0.469 e. The summed E-state index contributed by atoms with van der Waals surface area (Å²) in [6.45, 7) is 12.9. The molecule has 0 aliphatic carbocycles. The number of ether oxygens (including phenoxy) is 2. The van der Waals surface area contributed by atoms with Crippen molar-refractivity contribution in [2.45, 2.75) is 66.4 Å². The van der Waals surface area contributed by atoms with Gasteiger partial charge in [0, 0.05) is 58.0 Å². The van der Waals surface area contributed by atoms with Gasteiger partial charge in [-0.2, -0.15) is 0 Å². The van der Waals surface area contributed by atoms with Crippen LogP contribution in [0.1, 0.15) is 67.3 Å². The summed E-state index contributed by atoms with van der Waals surface area (Å²) in [7, 11) is 2.70. The third-order valence-corrected chi connectivity index (χ3v) is 8.93. The van der Waals surface area contributed by atoms with E-state index in [1.165, 1.54) is 20.3 Å². The largest absolute Gasteiger partial charge is 0.469 e. The Balaban J connectivity index is 1.91. The number of aromatic amines is 2. The lowest BCUT2D eigenvalue weighted by molar-refractivity contribution is -0.141. The molecule has 2 aliphatic rings. The lowest BCUT2D eigenvalue weighted by atomic mass is 9.89. The molecule has 2 aliphatic heterocycles. The maximum atomic E-state index is 12.5. The Morgan fingerprint density at radius 3 is 2.13 bits per heavy atom. The molecule has 0 bridgehead atoms. The number of nitrogens with one attached hydrogen (secondary N) is 3. The summed E-state index contributed by atoms with van der Waals surface area (Å²) in [6.07, 6.45) is 7.43. The van der Waals surface area contributed by atoms with Crippen molar-refractivity contribution in [1.82, 2.24) is 15.3 Å². The molecule has 0 radical (unpaired) electrons. The average molecular weight is 631 g/mol. The van der Waals surface area contributed by atoms with Crippen LogP contribution >= 0.6 is 0 Å². The molecule has 1 fully saturated rings. The smallest absolute Gasteiger partial charge is 0.305 e. The van der Waals surface area contributed by atoms with Crippen molar-refractivity contribution >= 4 is 47.7 Å². The summed E-state index contributed by atoms with van der Waals surface area (Å²) in [6, 6.07) is 0. The van der Waals surface area contributed by atoms with E-state index in [0.29, 0.717) is 29.8 Å². The zero-order valence-corrected chi connectivity index (χ0v) is 27.4. The van der Waals surface area contributed by atoms with E-state index >= 15 is 0 Å². The number of aliphatic imine (C=N–C) groups is 1. The Bertz CT molecular complexity index is 1820. The van der Waals surface area contributed by atoms with Gasteiger partial charge in [-0.25, -0.2) is 4.99 Å². The van der Waals surface area contributed by atoms with Crippen LogP contribution in [0.25, 0.3) is 18.2 Å². The van der Waals surface area contributed by atoms with Crippen molar-refractivity contribution in [3.63, 3.8) is 0 Å². The zero-order chi connectivity index (χ0) is 33.9. The molecule has 0 saturated carbocycles. The molecular weight excluding hydrogens is 588 g/mol. The van der Waals surface area contributed by atoms with Gasteiger partial charge in [-0.1, -0.05) is 19.6 Å². The fourth-order valence-electron chi connectivity index (χ4n) is 6.15.